The molecule has 0 N–H and O–H groups in total. The number of carbonyl (C=O) groups excluding carboxylic acids is 1. The summed E-state index contributed by atoms with van der Waals surface area (Å²) in [6.45, 7) is 6.87. The summed E-state index contributed by atoms with van der Waals surface area (Å²) in [5.41, 5.74) is 1.51. The van der Waals surface area contributed by atoms with Crippen molar-refractivity contribution in [2.24, 2.45) is 0 Å². The Labute approximate surface area is 142 Å². The lowest BCUT2D eigenvalue weighted by Crippen LogP contribution is -2.53. The highest BCUT2D eigenvalue weighted by molar-refractivity contribution is 5.87. The van der Waals surface area contributed by atoms with Crippen molar-refractivity contribution in [3.8, 4) is 0 Å². The summed E-state index contributed by atoms with van der Waals surface area (Å²) in [4.78, 5) is 17.1. The molecular formula is C20H23FN2O. The monoisotopic (exact) mass is 326 g/mol. The van der Waals surface area contributed by atoms with E-state index in [1.165, 1.54) is 12.1 Å². The van der Waals surface area contributed by atoms with Gasteiger partial charge in [-0.2, -0.15) is 0 Å². The van der Waals surface area contributed by atoms with Crippen LogP contribution in [0.1, 0.15) is 19.4 Å². The maximum absolute atomic E-state index is 13.0. The number of hydrogen-bond donors (Lipinski definition) is 0. The highest BCUT2D eigenvalue weighted by Gasteiger charge is 2.35. The van der Waals surface area contributed by atoms with Gasteiger partial charge in [-0.15, -0.1) is 0 Å². The van der Waals surface area contributed by atoms with E-state index in [-0.39, 0.29) is 11.7 Å². The van der Waals surface area contributed by atoms with Gasteiger partial charge in [0.25, 0.3) is 0 Å². The van der Waals surface area contributed by atoms with E-state index in [1.807, 2.05) is 49.1 Å². The van der Waals surface area contributed by atoms with Crippen molar-refractivity contribution >= 4 is 11.6 Å². The Morgan fingerprint density at radius 2 is 1.50 bits per heavy atom. The summed E-state index contributed by atoms with van der Waals surface area (Å²) >= 11 is 0. The average Bonchev–Trinajstić information content (AvgIpc) is 2.62. The molecule has 1 amide bonds. The first-order chi connectivity index (χ1) is 11.5. The van der Waals surface area contributed by atoms with Crippen LogP contribution in [0, 0.1) is 5.82 Å². The highest BCUT2D eigenvalue weighted by Crippen LogP contribution is 2.26. The number of carbonyl (C=O) groups is 1. The molecule has 0 radical (unpaired) electrons. The molecule has 0 aliphatic carbocycles. The van der Waals surface area contributed by atoms with Crippen LogP contribution in [-0.4, -0.2) is 37.0 Å². The van der Waals surface area contributed by atoms with Crippen molar-refractivity contribution in [2.75, 3.05) is 31.1 Å². The first kappa shape index (κ1) is 16.5. The van der Waals surface area contributed by atoms with E-state index in [1.54, 1.807) is 12.1 Å². The molecule has 24 heavy (non-hydrogen) atoms. The minimum Gasteiger partial charge on any atom is -0.368 e. The van der Waals surface area contributed by atoms with Gasteiger partial charge in [0.2, 0.25) is 5.91 Å². The van der Waals surface area contributed by atoms with Crippen molar-refractivity contribution < 1.29 is 9.18 Å². The fraction of sp³-hybridized carbons (Fsp3) is 0.350. The fourth-order valence-electron chi connectivity index (χ4n) is 3.19. The van der Waals surface area contributed by atoms with Crippen LogP contribution in [0.15, 0.2) is 54.6 Å². The summed E-state index contributed by atoms with van der Waals surface area (Å²) in [6.07, 6.45) is 0. The number of benzene rings is 2. The molecule has 0 bridgehead atoms. The minimum atomic E-state index is -0.528. The Balaban J connectivity index is 1.66. The van der Waals surface area contributed by atoms with Gasteiger partial charge in [-0.05, 0) is 43.7 Å². The molecule has 0 unspecified atom stereocenters. The molecule has 1 saturated heterocycles. The van der Waals surface area contributed by atoms with Crippen molar-refractivity contribution in [1.82, 2.24) is 4.90 Å². The second kappa shape index (κ2) is 6.63. The Bertz CT molecular complexity index is 689. The number of anilines is 1. The van der Waals surface area contributed by atoms with Crippen LogP contribution in [0.2, 0.25) is 0 Å². The largest absolute Gasteiger partial charge is 0.368 e. The lowest BCUT2D eigenvalue weighted by molar-refractivity contribution is -0.136. The van der Waals surface area contributed by atoms with Crippen LogP contribution in [0.5, 0.6) is 0 Å². The lowest BCUT2D eigenvalue weighted by atomic mass is 9.83. The zero-order valence-corrected chi connectivity index (χ0v) is 14.2. The van der Waals surface area contributed by atoms with Gasteiger partial charge in [0.05, 0.1) is 5.41 Å². The number of piperazine rings is 1. The fourth-order valence-corrected chi connectivity index (χ4v) is 3.19. The number of halogens is 1. The zero-order valence-electron chi connectivity index (χ0n) is 14.2. The molecule has 1 heterocycles. The minimum absolute atomic E-state index is 0.160. The molecule has 1 aliphatic heterocycles. The average molecular weight is 326 g/mol. The van der Waals surface area contributed by atoms with Crippen LogP contribution >= 0.6 is 0 Å². The van der Waals surface area contributed by atoms with Gasteiger partial charge in [0.15, 0.2) is 0 Å². The van der Waals surface area contributed by atoms with Crippen molar-refractivity contribution in [3.05, 3.63) is 66.0 Å². The third-order valence-electron chi connectivity index (χ3n) is 4.79. The predicted octanol–water partition coefficient (Wildman–Crippen LogP) is 3.45. The number of rotatable bonds is 3. The quantitative estimate of drug-likeness (QED) is 0.862. The second-order valence-electron chi connectivity index (χ2n) is 6.75. The molecule has 2 aromatic rings. The van der Waals surface area contributed by atoms with Crippen LogP contribution in [0.3, 0.4) is 0 Å². The topological polar surface area (TPSA) is 23.6 Å². The normalized spacial score (nSPS) is 15.5. The Morgan fingerprint density at radius 3 is 2.08 bits per heavy atom. The summed E-state index contributed by atoms with van der Waals surface area (Å²) in [7, 11) is 0. The van der Waals surface area contributed by atoms with E-state index in [0.29, 0.717) is 13.1 Å². The first-order valence-electron chi connectivity index (χ1n) is 8.34. The molecule has 1 aliphatic rings. The third-order valence-corrected chi connectivity index (χ3v) is 4.79. The highest BCUT2D eigenvalue weighted by atomic mass is 19.1. The van der Waals surface area contributed by atoms with Gasteiger partial charge in [-0.25, -0.2) is 4.39 Å². The van der Waals surface area contributed by atoms with E-state index in [2.05, 4.69) is 4.90 Å². The molecule has 126 valence electrons. The SMILES string of the molecule is CC(C)(C(=O)N1CCN(c2ccc(F)cc2)CC1)c1ccccc1. The number of amides is 1. The first-order valence-corrected chi connectivity index (χ1v) is 8.34. The molecule has 0 saturated carbocycles. The molecule has 2 aromatic carbocycles. The van der Waals surface area contributed by atoms with Gasteiger partial charge in [-0.3, -0.25) is 4.79 Å². The molecule has 0 aromatic heterocycles. The van der Waals surface area contributed by atoms with Crippen LogP contribution < -0.4 is 4.90 Å². The van der Waals surface area contributed by atoms with Crippen molar-refractivity contribution in [2.45, 2.75) is 19.3 Å². The van der Waals surface area contributed by atoms with Gasteiger partial charge < -0.3 is 9.80 Å². The number of hydrogen-bond acceptors (Lipinski definition) is 2. The van der Waals surface area contributed by atoms with E-state index in [4.69, 9.17) is 0 Å². The Hall–Kier alpha value is -2.36. The van der Waals surface area contributed by atoms with Gasteiger partial charge in [-0.1, -0.05) is 30.3 Å². The molecule has 3 rings (SSSR count). The molecular weight excluding hydrogens is 303 g/mol. The smallest absolute Gasteiger partial charge is 0.232 e. The maximum atomic E-state index is 13.0. The Morgan fingerprint density at radius 1 is 0.917 bits per heavy atom. The summed E-state index contributed by atoms with van der Waals surface area (Å²) in [5.74, 6) is -0.0652. The maximum Gasteiger partial charge on any atom is 0.232 e. The van der Waals surface area contributed by atoms with E-state index in [9.17, 15) is 9.18 Å². The van der Waals surface area contributed by atoms with Crippen LogP contribution in [0.25, 0.3) is 0 Å². The van der Waals surface area contributed by atoms with Gasteiger partial charge in [0.1, 0.15) is 5.82 Å². The second-order valence-corrected chi connectivity index (χ2v) is 6.75. The van der Waals surface area contributed by atoms with Crippen LogP contribution in [0.4, 0.5) is 10.1 Å². The van der Waals surface area contributed by atoms with E-state index >= 15 is 0 Å². The van der Waals surface area contributed by atoms with E-state index in [0.717, 1.165) is 24.3 Å². The van der Waals surface area contributed by atoms with Crippen molar-refractivity contribution in [1.29, 1.82) is 0 Å². The lowest BCUT2D eigenvalue weighted by Gasteiger charge is -2.39. The molecule has 1 fully saturated rings. The summed E-state index contributed by atoms with van der Waals surface area (Å²) in [5, 5.41) is 0. The van der Waals surface area contributed by atoms with Gasteiger partial charge in [0, 0.05) is 31.9 Å². The van der Waals surface area contributed by atoms with E-state index < -0.39 is 5.41 Å². The standard InChI is InChI=1S/C20H23FN2O/c1-20(2,16-6-4-3-5-7-16)19(24)23-14-12-22(13-15-23)18-10-8-17(21)9-11-18/h3-11H,12-15H2,1-2H3. The zero-order chi connectivity index (χ0) is 17.2. The van der Waals surface area contributed by atoms with Gasteiger partial charge >= 0.3 is 0 Å². The summed E-state index contributed by atoms with van der Waals surface area (Å²) < 4.78 is 13.0. The Kier molecular flexibility index (Phi) is 4.56. The van der Waals surface area contributed by atoms with Crippen LogP contribution in [-0.2, 0) is 10.2 Å². The molecule has 0 atom stereocenters. The molecule has 3 nitrogen and oxygen atoms in total. The molecule has 0 spiro atoms. The third kappa shape index (κ3) is 3.28. The predicted molar refractivity (Wildman–Crippen MR) is 94.7 cm³/mol. The summed E-state index contributed by atoms with van der Waals surface area (Å²) in [6, 6.07) is 16.5. The van der Waals surface area contributed by atoms with Crippen molar-refractivity contribution in [3.63, 3.8) is 0 Å². The number of nitrogens with zero attached hydrogens (tertiary/aromatic N) is 2. The molecule has 4 heteroatoms.